The SMILES string of the molecule is Cc1cc(NC(=O)C(Nc2cccc(CN)c2)c2ccccc2F)ccc1N1CCCC1=O. The molecule has 1 heterocycles. The number of amides is 2. The fourth-order valence-electron chi connectivity index (χ4n) is 4.10. The number of nitrogens with zero attached hydrogens (tertiary/aromatic N) is 1. The number of hydrogen-bond acceptors (Lipinski definition) is 4. The molecule has 3 aromatic carbocycles. The van der Waals surface area contributed by atoms with Gasteiger partial charge in [-0.3, -0.25) is 9.59 Å². The summed E-state index contributed by atoms with van der Waals surface area (Å²) < 4.78 is 14.6. The third-order valence-electron chi connectivity index (χ3n) is 5.78. The zero-order valence-corrected chi connectivity index (χ0v) is 18.5. The van der Waals surface area contributed by atoms with E-state index in [-0.39, 0.29) is 11.5 Å². The molecule has 1 unspecified atom stereocenters. The average molecular weight is 447 g/mol. The van der Waals surface area contributed by atoms with Gasteiger partial charge in [0.2, 0.25) is 5.91 Å². The highest BCUT2D eigenvalue weighted by atomic mass is 19.1. The van der Waals surface area contributed by atoms with Gasteiger partial charge in [0.05, 0.1) is 0 Å². The summed E-state index contributed by atoms with van der Waals surface area (Å²) in [7, 11) is 0. The van der Waals surface area contributed by atoms with E-state index in [0.29, 0.717) is 30.9 Å². The van der Waals surface area contributed by atoms with Gasteiger partial charge in [0.25, 0.3) is 5.91 Å². The second-order valence-corrected chi connectivity index (χ2v) is 8.14. The van der Waals surface area contributed by atoms with Gasteiger partial charge in [-0.25, -0.2) is 4.39 Å². The number of carbonyl (C=O) groups excluding carboxylic acids is 2. The van der Waals surface area contributed by atoms with Crippen LogP contribution in [0, 0.1) is 12.7 Å². The van der Waals surface area contributed by atoms with Crippen molar-refractivity contribution in [1.29, 1.82) is 0 Å². The van der Waals surface area contributed by atoms with Gasteiger partial charge in [-0.15, -0.1) is 0 Å². The summed E-state index contributed by atoms with van der Waals surface area (Å²) in [5.41, 5.74) is 9.85. The zero-order chi connectivity index (χ0) is 23.4. The van der Waals surface area contributed by atoms with Crippen molar-refractivity contribution in [2.24, 2.45) is 5.73 Å². The maximum atomic E-state index is 14.6. The number of rotatable bonds is 7. The number of carbonyl (C=O) groups is 2. The lowest BCUT2D eigenvalue weighted by molar-refractivity contribution is -0.117. The lowest BCUT2D eigenvalue weighted by atomic mass is 10.0. The Morgan fingerprint density at radius 3 is 2.61 bits per heavy atom. The summed E-state index contributed by atoms with van der Waals surface area (Å²) in [6, 6.07) is 18.1. The van der Waals surface area contributed by atoms with Gasteiger partial charge in [-0.05, 0) is 60.9 Å². The largest absolute Gasteiger partial charge is 0.370 e. The maximum Gasteiger partial charge on any atom is 0.251 e. The topological polar surface area (TPSA) is 87.5 Å². The molecule has 1 aliphatic heterocycles. The van der Waals surface area contributed by atoms with Crippen LogP contribution in [0.1, 0.15) is 35.6 Å². The van der Waals surface area contributed by atoms with Crippen LogP contribution < -0.4 is 21.3 Å². The van der Waals surface area contributed by atoms with E-state index in [0.717, 1.165) is 23.2 Å². The van der Waals surface area contributed by atoms with Gasteiger partial charge in [0.1, 0.15) is 11.9 Å². The van der Waals surface area contributed by atoms with Crippen molar-refractivity contribution < 1.29 is 14.0 Å². The minimum absolute atomic E-state index is 0.110. The summed E-state index contributed by atoms with van der Waals surface area (Å²) in [5, 5.41) is 6.04. The Bertz CT molecular complexity index is 1180. The molecule has 6 nitrogen and oxygen atoms in total. The average Bonchev–Trinajstić information content (AvgIpc) is 3.24. The zero-order valence-electron chi connectivity index (χ0n) is 18.5. The number of hydrogen-bond donors (Lipinski definition) is 3. The van der Waals surface area contributed by atoms with Gasteiger partial charge in [0.15, 0.2) is 0 Å². The van der Waals surface area contributed by atoms with Gasteiger partial charge in [-0.1, -0.05) is 30.3 Å². The Kier molecular flexibility index (Phi) is 6.70. The highest BCUT2D eigenvalue weighted by Gasteiger charge is 2.25. The Labute approximate surface area is 192 Å². The normalized spacial score (nSPS) is 14.3. The molecule has 0 saturated carbocycles. The highest BCUT2D eigenvalue weighted by Crippen LogP contribution is 2.29. The first-order valence-electron chi connectivity index (χ1n) is 11.0. The fourth-order valence-corrected chi connectivity index (χ4v) is 4.10. The van der Waals surface area contributed by atoms with Crippen LogP contribution in [0.3, 0.4) is 0 Å². The molecule has 0 bridgehead atoms. The predicted octanol–water partition coefficient (Wildman–Crippen LogP) is 4.51. The molecule has 170 valence electrons. The van der Waals surface area contributed by atoms with Crippen LogP contribution in [0.25, 0.3) is 0 Å². The van der Waals surface area contributed by atoms with E-state index in [1.54, 1.807) is 29.2 Å². The number of aryl methyl sites for hydroxylation is 1. The van der Waals surface area contributed by atoms with Gasteiger partial charge < -0.3 is 21.3 Å². The lowest BCUT2D eigenvalue weighted by Crippen LogP contribution is -2.28. The van der Waals surface area contributed by atoms with Crippen LogP contribution in [-0.2, 0) is 16.1 Å². The van der Waals surface area contributed by atoms with E-state index < -0.39 is 17.8 Å². The summed E-state index contributed by atoms with van der Waals surface area (Å²) in [6.07, 6.45) is 1.40. The summed E-state index contributed by atoms with van der Waals surface area (Å²) >= 11 is 0. The van der Waals surface area contributed by atoms with Crippen molar-refractivity contribution in [3.63, 3.8) is 0 Å². The van der Waals surface area contributed by atoms with Crippen LogP contribution in [0.2, 0.25) is 0 Å². The number of anilines is 3. The first kappa shape index (κ1) is 22.5. The predicted molar refractivity (Wildman–Crippen MR) is 128 cm³/mol. The third-order valence-corrected chi connectivity index (χ3v) is 5.78. The lowest BCUT2D eigenvalue weighted by Gasteiger charge is -2.22. The van der Waals surface area contributed by atoms with Crippen LogP contribution in [-0.4, -0.2) is 18.4 Å². The van der Waals surface area contributed by atoms with Crippen LogP contribution in [0.15, 0.2) is 66.7 Å². The quantitative estimate of drug-likeness (QED) is 0.498. The Hall–Kier alpha value is -3.71. The van der Waals surface area contributed by atoms with E-state index in [9.17, 15) is 14.0 Å². The van der Waals surface area contributed by atoms with Crippen molar-refractivity contribution in [1.82, 2.24) is 0 Å². The van der Waals surface area contributed by atoms with Crippen LogP contribution >= 0.6 is 0 Å². The van der Waals surface area contributed by atoms with Crippen molar-refractivity contribution >= 4 is 28.9 Å². The van der Waals surface area contributed by atoms with Crippen molar-refractivity contribution in [3.05, 3.63) is 89.2 Å². The number of benzene rings is 3. The van der Waals surface area contributed by atoms with E-state index >= 15 is 0 Å². The highest BCUT2D eigenvalue weighted by molar-refractivity contribution is 5.99. The summed E-state index contributed by atoms with van der Waals surface area (Å²) in [6.45, 7) is 2.96. The molecular weight excluding hydrogens is 419 g/mol. The Morgan fingerprint density at radius 1 is 1.09 bits per heavy atom. The monoisotopic (exact) mass is 446 g/mol. The molecule has 0 spiro atoms. The van der Waals surface area contributed by atoms with E-state index in [4.69, 9.17) is 5.73 Å². The molecule has 4 rings (SSSR count). The van der Waals surface area contributed by atoms with Crippen molar-refractivity contribution in [2.75, 3.05) is 22.1 Å². The van der Waals surface area contributed by atoms with E-state index in [1.165, 1.54) is 6.07 Å². The molecule has 0 aliphatic carbocycles. The molecule has 1 aliphatic rings. The minimum atomic E-state index is -0.959. The fraction of sp³-hybridized carbons (Fsp3) is 0.231. The van der Waals surface area contributed by atoms with E-state index in [1.807, 2.05) is 43.3 Å². The van der Waals surface area contributed by atoms with Crippen molar-refractivity contribution in [3.8, 4) is 0 Å². The molecule has 1 atom stereocenters. The second-order valence-electron chi connectivity index (χ2n) is 8.14. The first-order chi connectivity index (χ1) is 16.0. The molecule has 33 heavy (non-hydrogen) atoms. The Morgan fingerprint density at radius 2 is 1.91 bits per heavy atom. The van der Waals surface area contributed by atoms with Crippen LogP contribution in [0.4, 0.5) is 21.5 Å². The standard InChI is InChI=1S/C26H27FN4O2/c1-17-14-20(11-12-23(17)31-13-5-10-24(31)32)30-26(33)25(21-8-2-3-9-22(21)27)29-19-7-4-6-18(15-19)16-28/h2-4,6-9,11-12,14-15,25,29H,5,10,13,16,28H2,1H3,(H,30,33). The second kappa shape index (κ2) is 9.83. The summed E-state index contributed by atoms with van der Waals surface area (Å²) in [4.78, 5) is 27.2. The van der Waals surface area contributed by atoms with Gasteiger partial charge >= 0.3 is 0 Å². The number of nitrogens with one attached hydrogen (secondary N) is 2. The molecule has 1 fully saturated rings. The molecule has 3 aromatic rings. The number of halogens is 1. The molecule has 0 radical (unpaired) electrons. The van der Waals surface area contributed by atoms with Crippen LogP contribution in [0.5, 0.6) is 0 Å². The van der Waals surface area contributed by atoms with Gasteiger partial charge in [0, 0.05) is 42.1 Å². The molecular formula is C26H27FN4O2. The number of nitrogens with two attached hydrogens (primary N) is 1. The van der Waals surface area contributed by atoms with E-state index in [2.05, 4.69) is 10.6 Å². The third kappa shape index (κ3) is 5.04. The molecule has 1 saturated heterocycles. The molecule has 2 amide bonds. The molecule has 7 heteroatoms. The van der Waals surface area contributed by atoms with Crippen molar-refractivity contribution in [2.45, 2.75) is 32.4 Å². The smallest absolute Gasteiger partial charge is 0.251 e. The summed E-state index contributed by atoms with van der Waals surface area (Å²) in [5.74, 6) is -0.764. The minimum Gasteiger partial charge on any atom is -0.370 e. The Balaban J connectivity index is 1.59. The molecule has 4 N–H and O–H groups in total. The first-order valence-corrected chi connectivity index (χ1v) is 11.0. The van der Waals surface area contributed by atoms with Gasteiger partial charge in [-0.2, -0.15) is 0 Å². The maximum absolute atomic E-state index is 14.6. The molecule has 0 aromatic heterocycles.